The highest BCUT2D eigenvalue weighted by molar-refractivity contribution is 9.11. The molecule has 2 rings (SSSR count). The molecule has 2 atom stereocenters. The van der Waals surface area contributed by atoms with Crippen molar-refractivity contribution in [3.05, 3.63) is 66.2 Å². The second kappa shape index (κ2) is 5.86. The van der Waals surface area contributed by atoms with Gasteiger partial charge in [-0.3, -0.25) is 0 Å². The van der Waals surface area contributed by atoms with E-state index in [2.05, 4.69) is 15.9 Å². The summed E-state index contributed by atoms with van der Waals surface area (Å²) in [6.45, 7) is 0. The van der Waals surface area contributed by atoms with Gasteiger partial charge in [0.2, 0.25) is 0 Å². The SMILES string of the molecule is O=S(=O)(c1ccccc1)C(Br)C(O)c1ccccc1. The van der Waals surface area contributed by atoms with Crippen LogP contribution in [0.15, 0.2) is 65.6 Å². The Hall–Kier alpha value is -1.17. The van der Waals surface area contributed by atoms with E-state index in [9.17, 15) is 13.5 Å². The van der Waals surface area contributed by atoms with E-state index in [1.165, 1.54) is 12.1 Å². The summed E-state index contributed by atoms with van der Waals surface area (Å²) in [6, 6.07) is 16.8. The van der Waals surface area contributed by atoms with E-state index in [0.717, 1.165) is 0 Å². The lowest BCUT2D eigenvalue weighted by atomic mass is 10.1. The second-order valence-electron chi connectivity index (χ2n) is 4.06. The Labute approximate surface area is 121 Å². The average Bonchev–Trinajstić information content (AvgIpc) is 2.47. The molecule has 0 saturated heterocycles. The van der Waals surface area contributed by atoms with Gasteiger partial charge in [0.05, 0.1) is 4.90 Å². The van der Waals surface area contributed by atoms with Crippen LogP contribution < -0.4 is 0 Å². The summed E-state index contributed by atoms with van der Waals surface area (Å²) < 4.78 is 23.6. The van der Waals surface area contributed by atoms with Gasteiger partial charge < -0.3 is 5.11 Å². The van der Waals surface area contributed by atoms with E-state index in [4.69, 9.17) is 0 Å². The number of aliphatic hydroxyl groups is 1. The van der Waals surface area contributed by atoms with Crippen molar-refractivity contribution in [2.24, 2.45) is 0 Å². The quantitative estimate of drug-likeness (QED) is 0.870. The lowest BCUT2D eigenvalue weighted by Crippen LogP contribution is -2.22. The van der Waals surface area contributed by atoms with Crippen LogP contribution in [0.4, 0.5) is 0 Å². The third-order valence-corrected chi connectivity index (χ3v) is 6.51. The molecule has 0 aliphatic rings. The number of aliphatic hydroxyl groups excluding tert-OH is 1. The van der Waals surface area contributed by atoms with E-state index in [1.807, 2.05) is 6.07 Å². The third kappa shape index (κ3) is 3.05. The second-order valence-corrected chi connectivity index (χ2v) is 7.73. The monoisotopic (exact) mass is 340 g/mol. The van der Waals surface area contributed by atoms with E-state index >= 15 is 0 Å². The van der Waals surface area contributed by atoms with E-state index in [-0.39, 0.29) is 4.90 Å². The Morgan fingerprint density at radius 2 is 1.37 bits per heavy atom. The van der Waals surface area contributed by atoms with Gasteiger partial charge in [0.15, 0.2) is 14.0 Å². The van der Waals surface area contributed by atoms with Crippen molar-refractivity contribution in [1.82, 2.24) is 0 Å². The van der Waals surface area contributed by atoms with Crippen molar-refractivity contribution in [3.8, 4) is 0 Å². The number of hydrogen-bond donors (Lipinski definition) is 1. The molecule has 19 heavy (non-hydrogen) atoms. The Kier molecular flexibility index (Phi) is 4.39. The molecule has 2 aromatic rings. The van der Waals surface area contributed by atoms with Gasteiger partial charge >= 0.3 is 0 Å². The predicted octanol–water partition coefficient (Wildman–Crippen LogP) is 2.91. The topological polar surface area (TPSA) is 54.4 Å². The normalized spacial score (nSPS) is 14.8. The Balaban J connectivity index is 2.32. The molecule has 0 aliphatic heterocycles. The molecule has 5 heteroatoms. The van der Waals surface area contributed by atoms with Crippen molar-refractivity contribution in [2.45, 2.75) is 15.2 Å². The maximum absolute atomic E-state index is 12.3. The van der Waals surface area contributed by atoms with Crippen molar-refractivity contribution in [1.29, 1.82) is 0 Å². The molecule has 0 fully saturated rings. The third-order valence-electron chi connectivity index (χ3n) is 2.76. The van der Waals surface area contributed by atoms with Crippen LogP contribution in [-0.4, -0.2) is 17.7 Å². The summed E-state index contributed by atoms with van der Waals surface area (Å²) >= 11 is 3.10. The molecule has 0 aliphatic carbocycles. The Morgan fingerprint density at radius 3 is 1.89 bits per heavy atom. The standard InChI is InChI=1S/C14H13BrO3S/c15-14(13(16)11-7-3-1-4-8-11)19(17,18)12-9-5-2-6-10-12/h1-10,13-14,16H. The molecule has 3 nitrogen and oxygen atoms in total. The lowest BCUT2D eigenvalue weighted by molar-refractivity contribution is 0.195. The van der Waals surface area contributed by atoms with Gasteiger partial charge in [-0.25, -0.2) is 8.42 Å². The predicted molar refractivity (Wildman–Crippen MR) is 77.7 cm³/mol. The van der Waals surface area contributed by atoms with Crippen molar-refractivity contribution >= 4 is 25.8 Å². The smallest absolute Gasteiger partial charge is 0.194 e. The zero-order valence-electron chi connectivity index (χ0n) is 9.98. The molecule has 0 saturated carbocycles. The van der Waals surface area contributed by atoms with Gasteiger partial charge in [-0.05, 0) is 17.7 Å². The molecule has 2 unspecified atom stereocenters. The summed E-state index contributed by atoms with van der Waals surface area (Å²) in [5.41, 5.74) is 0.559. The van der Waals surface area contributed by atoms with Crippen LogP contribution >= 0.6 is 15.9 Å². The molecule has 0 heterocycles. The van der Waals surface area contributed by atoms with Gasteiger partial charge in [0, 0.05) is 0 Å². The molecule has 0 spiro atoms. The molecular formula is C14H13BrO3S. The molecule has 0 amide bonds. The zero-order chi connectivity index (χ0) is 13.9. The fourth-order valence-corrected chi connectivity index (χ4v) is 3.96. The van der Waals surface area contributed by atoms with E-state index in [0.29, 0.717) is 5.56 Å². The summed E-state index contributed by atoms with van der Waals surface area (Å²) in [4.78, 5) is 0.187. The largest absolute Gasteiger partial charge is 0.386 e. The summed E-state index contributed by atoms with van der Waals surface area (Å²) in [6.07, 6.45) is -1.12. The molecule has 1 N–H and O–H groups in total. The fraction of sp³-hybridized carbons (Fsp3) is 0.143. The summed E-state index contributed by atoms with van der Waals surface area (Å²) in [5.74, 6) is 0. The van der Waals surface area contributed by atoms with Crippen LogP contribution in [0.5, 0.6) is 0 Å². The minimum atomic E-state index is -3.62. The zero-order valence-corrected chi connectivity index (χ0v) is 12.4. The van der Waals surface area contributed by atoms with Gasteiger partial charge in [-0.15, -0.1) is 0 Å². The highest BCUT2D eigenvalue weighted by Gasteiger charge is 2.32. The van der Waals surface area contributed by atoms with E-state index in [1.54, 1.807) is 42.5 Å². The minimum Gasteiger partial charge on any atom is -0.386 e. The lowest BCUT2D eigenvalue weighted by Gasteiger charge is -2.18. The molecular weight excluding hydrogens is 328 g/mol. The van der Waals surface area contributed by atoms with Crippen LogP contribution in [0.1, 0.15) is 11.7 Å². The molecule has 2 aromatic carbocycles. The number of alkyl halides is 1. The average molecular weight is 341 g/mol. The first-order valence-corrected chi connectivity index (χ1v) is 8.15. The summed E-state index contributed by atoms with van der Waals surface area (Å²) in [5, 5.41) is 10.2. The molecule has 100 valence electrons. The summed E-state index contributed by atoms with van der Waals surface area (Å²) in [7, 11) is -3.62. The van der Waals surface area contributed by atoms with Crippen molar-refractivity contribution < 1.29 is 13.5 Å². The maximum Gasteiger partial charge on any atom is 0.194 e. The number of hydrogen-bond acceptors (Lipinski definition) is 3. The number of halogens is 1. The number of rotatable bonds is 4. The van der Waals surface area contributed by atoms with Crippen LogP contribution in [0.3, 0.4) is 0 Å². The fourth-order valence-electron chi connectivity index (χ4n) is 1.71. The molecule has 0 aromatic heterocycles. The van der Waals surface area contributed by atoms with Gasteiger partial charge in [-0.2, -0.15) is 0 Å². The first-order chi connectivity index (χ1) is 9.03. The van der Waals surface area contributed by atoms with Gasteiger partial charge in [-0.1, -0.05) is 64.5 Å². The highest BCUT2D eigenvalue weighted by atomic mass is 79.9. The first-order valence-electron chi connectivity index (χ1n) is 5.69. The Morgan fingerprint density at radius 1 is 0.895 bits per heavy atom. The highest BCUT2D eigenvalue weighted by Crippen LogP contribution is 2.30. The van der Waals surface area contributed by atoms with Crippen LogP contribution in [-0.2, 0) is 9.84 Å². The first kappa shape index (κ1) is 14.2. The molecule has 0 bridgehead atoms. The van der Waals surface area contributed by atoms with Gasteiger partial charge in [0.1, 0.15) is 6.10 Å². The van der Waals surface area contributed by atoms with Crippen LogP contribution in [0, 0.1) is 0 Å². The number of benzene rings is 2. The van der Waals surface area contributed by atoms with Crippen molar-refractivity contribution in [3.63, 3.8) is 0 Å². The van der Waals surface area contributed by atoms with Crippen LogP contribution in [0.2, 0.25) is 0 Å². The van der Waals surface area contributed by atoms with E-state index < -0.39 is 20.1 Å². The van der Waals surface area contributed by atoms with Gasteiger partial charge in [0.25, 0.3) is 0 Å². The maximum atomic E-state index is 12.3. The minimum absolute atomic E-state index is 0.187. The van der Waals surface area contributed by atoms with Crippen molar-refractivity contribution in [2.75, 3.05) is 0 Å². The Bertz CT molecular complexity index is 626. The van der Waals surface area contributed by atoms with Crippen LogP contribution in [0.25, 0.3) is 0 Å². The molecule has 0 radical (unpaired) electrons. The number of sulfone groups is 1.